The first-order chi connectivity index (χ1) is 8.31. The fourth-order valence-corrected chi connectivity index (χ4v) is 2.84. The van der Waals surface area contributed by atoms with Crippen LogP contribution in [0, 0.1) is 17.8 Å². The highest BCUT2D eigenvalue weighted by Crippen LogP contribution is 2.52. The lowest BCUT2D eigenvalue weighted by molar-refractivity contribution is -0.145. The summed E-state index contributed by atoms with van der Waals surface area (Å²) in [5.41, 5.74) is 0. The molecule has 4 nitrogen and oxygen atoms in total. The quantitative estimate of drug-likeness (QED) is 0.737. The maximum absolute atomic E-state index is 11.6. The fourth-order valence-electron chi connectivity index (χ4n) is 2.84. The van der Waals surface area contributed by atoms with Crippen molar-refractivity contribution in [3.63, 3.8) is 0 Å². The number of pyridine rings is 1. The van der Waals surface area contributed by atoms with Gasteiger partial charge in [-0.3, -0.25) is 4.79 Å². The van der Waals surface area contributed by atoms with Crippen LogP contribution >= 0.6 is 0 Å². The summed E-state index contributed by atoms with van der Waals surface area (Å²) >= 11 is 0. The molecule has 1 saturated heterocycles. The SMILES string of the molecule is CCOC(=O)C1C2CN(c3ccccn3)CC21. The van der Waals surface area contributed by atoms with Gasteiger partial charge in [0.2, 0.25) is 0 Å². The smallest absolute Gasteiger partial charge is 0.309 e. The monoisotopic (exact) mass is 232 g/mol. The minimum absolute atomic E-state index is 0.0110. The van der Waals surface area contributed by atoms with E-state index in [0.29, 0.717) is 18.4 Å². The molecule has 1 aromatic heterocycles. The van der Waals surface area contributed by atoms with E-state index in [2.05, 4.69) is 9.88 Å². The summed E-state index contributed by atoms with van der Waals surface area (Å²) in [6, 6.07) is 5.93. The summed E-state index contributed by atoms with van der Waals surface area (Å²) in [5, 5.41) is 0. The van der Waals surface area contributed by atoms with Crippen LogP contribution in [-0.4, -0.2) is 30.6 Å². The molecule has 1 aromatic rings. The maximum Gasteiger partial charge on any atom is 0.309 e. The lowest BCUT2D eigenvalue weighted by Gasteiger charge is -2.20. The first-order valence-corrected chi connectivity index (χ1v) is 6.14. The van der Waals surface area contributed by atoms with Crippen LogP contribution in [0.2, 0.25) is 0 Å². The van der Waals surface area contributed by atoms with Crippen molar-refractivity contribution < 1.29 is 9.53 Å². The van der Waals surface area contributed by atoms with Gasteiger partial charge in [-0.1, -0.05) is 6.07 Å². The Morgan fingerprint density at radius 3 is 2.82 bits per heavy atom. The van der Waals surface area contributed by atoms with Gasteiger partial charge >= 0.3 is 5.97 Å². The maximum atomic E-state index is 11.6. The second-order valence-corrected chi connectivity index (χ2v) is 4.70. The van der Waals surface area contributed by atoms with Crippen molar-refractivity contribution in [1.82, 2.24) is 4.98 Å². The minimum atomic E-state index is -0.0110. The number of nitrogens with zero attached hydrogens (tertiary/aromatic N) is 2. The summed E-state index contributed by atoms with van der Waals surface area (Å²) in [4.78, 5) is 18.2. The Bertz CT molecular complexity index is 409. The second kappa shape index (κ2) is 4.02. The first-order valence-electron chi connectivity index (χ1n) is 6.14. The molecular formula is C13H16N2O2. The molecule has 2 unspecified atom stereocenters. The van der Waals surface area contributed by atoms with Gasteiger partial charge in [0.25, 0.3) is 0 Å². The zero-order chi connectivity index (χ0) is 11.8. The van der Waals surface area contributed by atoms with Gasteiger partial charge < -0.3 is 9.64 Å². The summed E-state index contributed by atoms with van der Waals surface area (Å²) in [7, 11) is 0. The number of piperidine rings is 1. The number of carbonyl (C=O) groups excluding carboxylic acids is 1. The predicted molar refractivity (Wildman–Crippen MR) is 63.6 cm³/mol. The van der Waals surface area contributed by atoms with Crippen LogP contribution in [0.15, 0.2) is 24.4 Å². The molecule has 0 amide bonds. The third-order valence-electron chi connectivity index (χ3n) is 3.73. The molecular weight excluding hydrogens is 216 g/mol. The molecule has 0 N–H and O–H groups in total. The molecule has 4 heteroatoms. The third-order valence-corrected chi connectivity index (χ3v) is 3.73. The van der Waals surface area contributed by atoms with Crippen LogP contribution < -0.4 is 4.90 Å². The summed E-state index contributed by atoms with van der Waals surface area (Å²) in [6.07, 6.45) is 1.81. The normalized spacial score (nSPS) is 29.9. The third kappa shape index (κ3) is 1.77. The number of esters is 1. The highest BCUT2D eigenvalue weighted by Gasteiger charge is 2.60. The Hall–Kier alpha value is -1.58. The molecule has 3 rings (SSSR count). The van der Waals surface area contributed by atoms with Gasteiger partial charge in [-0.2, -0.15) is 0 Å². The van der Waals surface area contributed by atoms with Crippen molar-refractivity contribution in [2.24, 2.45) is 17.8 Å². The van der Waals surface area contributed by atoms with Crippen molar-refractivity contribution in [3.8, 4) is 0 Å². The average molecular weight is 232 g/mol. The van der Waals surface area contributed by atoms with Gasteiger partial charge in [0.05, 0.1) is 12.5 Å². The molecule has 2 heterocycles. The number of carbonyl (C=O) groups is 1. The topological polar surface area (TPSA) is 42.4 Å². The van der Waals surface area contributed by atoms with Crippen molar-refractivity contribution in [2.75, 3.05) is 24.6 Å². The van der Waals surface area contributed by atoms with Crippen LogP contribution in [0.5, 0.6) is 0 Å². The number of anilines is 1. The van der Waals surface area contributed by atoms with Crippen LogP contribution in [0.4, 0.5) is 5.82 Å². The zero-order valence-corrected chi connectivity index (χ0v) is 9.87. The van der Waals surface area contributed by atoms with E-state index < -0.39 is 0 Å². The Kier molecular flexibility index (Phi) is 2.50. The number of rotatable bonds is 3. The predicted octanol–water partition coefficient (Wildman–Crippen LogP) is 1.33. The molecule has 2 fully saturated rings. The van der Waals surface area contributed by atoms with Gasteiger partial charge in [0.1, 0.15) is 5.82 Å². The largest absolute Gasteiger partial charge is 0.466 e. The van der Waals surface area contributed by atoms with Crippen LogP contribution in [0.25, 0.3) is 0 Å². The van der Waals surface area contributed by atoms with Crippen LogP contribution in [0.1, 0.15) is 6.92 Å². The van der Waals surface area contributed by atoms with Crippen molar-refractivity contribution in [3.05, 3.63) is 24.4 Å². The van der Waals surface area contributed by atoms with Gasteiger partial charge in [0, 0.05) is 19.3 Å². The highest BCUT2D eigenvalue weighted by atomic mass is 16.5. The summed E-state index contributed by atoms with van der Waals surface area (Å²) < 4.78 is 5.07. The molecule has 0 aromatic carbocycles. The molecule has 2 aliphatic rings. The molecule has 1 aliphatic carbocycles. The number of ether oxygens (including phenoxy) is 1. The van der Waals surface area contributed by atoms with Crippen molar-refractivity contribution in [2.45, 2.75) is 6.92 Å². The van der Waals surface area contributed by atoms with E-state index in [-0.39, 0.29) is 11.9 Å². The molecule has 0 radical (unpaired) electrons. The van der Waals surface area contributed by atoms with Crippen LogP contribution in [0.3, 0.4) is 0 Å². The first kappa shape index (κ1) is 10.6. The molecule has 2 atom stereocenters. The molecule has 1 aliphatic heterocycles. The van der Waals surface area contributed by atoms with Gasteiger partial charge in [-0.15, -0.1) is 0 Å². The summed E-state index contributed by atoms with van der Waals surface area (Å²) in [5.74, 6) is 2.12. The Balaban J connectivity index is 1.60. The zero-order valence-electron chi connectivity index (χ0n) is 9.87. The van der Waals surface area contributed by atoms with E-state index in [1.807, 2.05) is 31.3 Å². The average Bonchev–Trinajstić information content (AvgIpc) is 2.86. The van der Waals surface area contributed by atoms with Gasteiger partial charge in [-0.25, -0.2) is 4.98 Å². The minimum Gasteiger partial charge on any atom is -0.466 e. The molecule has 0 spiro atoms. The Morgan fingerprint density at radius 2 is 2.24 bits per heavy atom. The molecule has 0 bridgehead atoms. The van der Waals surface area contributed by atoms with E-state index in [1.54, 1.807) is 0 Å². The van der Waals surface area contributed by atoms with E-state index in [0.717, 1.165) is 18.9 Å². The van der Waals surface area contributed by atoms with E-state index >= 15 is 0 Å². The lowest BCUT2D eigenvalue weighted by Crippen LogP contribution is -2.27. The Labute approximate surface area is 101 Å². The Morgan fingerprint density at radius 1 is 1.47 bits per heavy atom. The number of aromatic nitrogens is 1. The van der Waals surface area contributed by atoms with Gasteiger partial charge in [-0.05, 0) is 30.9 Å². The molecule has 90 valence electrons. The highest BCUT2D eigenvalue weighted by molar-refractivity contribution is 5.77. The van der Waals surface area contributed by atoms with Gasteiger partial charge in [0.15, 0.2) is 0 Å². The number of fused-ring (bicyclic) bond motifs is 1. The van der Waals surface area contributed by atoms with E-state index in [9.17, 15) is 4.79 Å². The van der Waals surface area contributed by atoms with Crippen molar-refractivity contribution >= 4 is 11.8 Å². The fraction of sp³-hybridized carbons (Fsp3) is 0.538. The van der Waals surface area contributed by atoms with E-state index in [4.69, 9.17) is 4.74 Å². The lowest BCUT2D eigenvalue weighted by atomic mass is 10.2. The van der Waals surface area contributed by atoms with Crippen LogP contribution in [-0.2, 0) is 9.53 Å². The number of hydrogen-bond donors (Lipinski definition) is 0. The summed E-state index contributed by atoms with van der Waals surface area (Å²) in [6.45, 7) is 4.21. The second-order valence-electron chi connectivity index (χ2n) is 4.70. The molecule has 17 heavy (non-hydrogen) atoms. The van der Waals surface area contributed by atoms with E-state index in [1.165, 1.54) is 0 Å². The standard InChI is InChI=1S/C13H16N2O2/c1-2-17-13(16)12-9-7-15(8-10(9)12)11-5-3-4-6-14-11/h3-6,9-10,12H,2,7-8H2,1H3. The number of hydrogen-bond acceptors (Lipinski definition) is 4. The van der Waals surface area contributed by atoms with Crippen molar-refractivity contribution in [1.29, 1.82) is 0 Å². The molecule has 1 saturated carbocycles.